The summed E-state index contributed by atoms with van der Waals surface area (Å²) in [7, 11) is 4.41. The van der Waals surface area contributed by atoms with Gasteiger partial charge < -0.3 is 28.4 Å². The van der Waals surface area contributed by atoms with Crippen LogP contribution in [0.4, 0.5) is 0 Å². The van der Waals surface area contributed by atoms with Gasteiger partial charge in [0.25, 0.3) is 0 Å². The Balaban J connectivity index is 2.14. The van der Waals surface area contributed by atoms with E-state index in [1.54, 1.807) is 39.0 Å². The van der Waals surface area contributed by atoms with Gasteiger partial charge in [0.1, 0.15) is 11.4 Å². The summed E-state index contributed by atoms with van der Waals surface area (Å²) in [5, 5.41) is 0. The van der Waals surface area contributed by atoms with E-state index in [1.807, 2.05) is 0 Å². The van der Waals surface area contributed by atoms with Crippen LogP contribution >= 0.6 is 0 Å². The van der Waals surface area contributed by atoms with Gasteiger partial charge >= 0.3 is 6.01 Å². The molecule has 0 amide bonds. The number of hydrogen-bond acceptors (Lipinski definition) is 9. The lowest BCUT2D eigenvalue weighted by Crippen LogP contribution is -2.37. The first-order chi connectivity index (χ1) is 14.2. The molecule has 3 rings (SSSR count). The minimum absolute atomic E-state index is 0.0361. The molecule has 9 heteroatoms. The largest absolute Gasteiger partial charge is 0.481 e. The van der Waals surface area contributed by atoms with Gasteiger partial charge in [-0.05, 0) is 26.8 Å². The number of ether oxygens (including phenoxy) is 6. The van der Waals surface area contributed by atoms with Crippen molar-refractivity contribution in [3.05, 3.63) is 35.4 Å². The molecule has 162 valence electrons. The van der Waals surface area contributed by atoms with Crippen LogP contribution in [0.3, 0.4) is 0 Å². The first kappa shape index (κ1) is 21.9. The van der Waals surface area contributed by atoms with E-state index >= 15 is 0 Å². The summed E-state index contributed by atoms with van der Waals surface area (Å²) in [4.78, 5) is 21.8. The quantitative estimate of drug-likeness (QED) is 0.599. The first-order valence-corrected chi connectivity index (χ1v) is 9.40. The van der Waals surface area contributed by atoms with Crippen LogP contribution in [0.5, 0.6) is 23.5 Å². The normalized spacial score (nSPS) is 15.7. The zero-order chi connectivity index (χ0) is 21.9. The van der Waals surface area contributed by atoms with Crippen LogP contribution in [0.15, 0.2) is 24.3 Å². The molecule has 2 aromatic rings. The third kappa shape index (κ3) is 4.23. The number of carbonyl (C=O) groups excluding carboxylic acids is 1. The van der Waals surface area contributed by atoms with Gasteiger partial charge in [0.05, 0.1) is 39.1 Å². The summed E-state index contributed by atoms with van der Waals surface area (Å²) in [5.41, 5.74) is -0.322. The maximum absolute atomic E-state index is 13.5. The van der Waals surface area contributed by atoms with Gasteiger partial charge in [0.2, 0.25) is 11.8 Å². The first-order valence-electron chi connectivity index (χ1n) is 9.40. The molecule has 9 nitrogen and oxygen atoms in total. The molecule has 0 bridgehead atoms. The van der Waals surface area contributed by atoms with E-state index in [9.17, 15) is 4.79 Å². The van der Waals surface area contributed by atoms with Crippen molar-refractivity contribution in [2.24, 2.45) is 0 Å². The topological polar surface area (TPSA) is 98.2 Å². The Morgan fingerprint density at radius 2 is 1.67 bits per heavy atom. The van der Waals surface area contributed by atoms with E-state index in [1.165, 1.54) is 27.4 Å². The zero-order valence-electron chi connectivity index (χ0n) is 18.0. The minimum Gasteiger partial charge on any atom is -0.481 e. The van der Waals surface area contributed by atoms with E-state index in [0.29, 0.717) is 18.8 Å². The Kier molecular flexibility index (Phi) is 6.25. The average Bonchev–Trinajstić information content (AvgIpc) is 3.20. The molecular formula is C21H26N2O7. The molecule has 0 saturated carbocycles. The molecule has 1 aromatic carbocycles. The fourth-order valence-electron chi connectivity index (χ4n) is 3.03. The summed E-state index contributed by atoms with van der Waals surface area (Å²) in [6, 6.07) is 6.64. The molecule has 0 atom stereocenters. The lowest BCUT2D eigenvalue weighted by molar-refractivity contribution is -0.150. The van der Waals surface area contributed by atoms with Crippen LogP contribution in [0.1, 0.15) is 36.7 Å². The van der Waals surface area contributed by atoms with Gasteiger partial charge in [-0.1, -0.05) is 12.1 Å². The van der Waals surface area contributed by atoms with Crippen molar-refractivity contribution in [3.8, 4) is 23.5 Å². The minimum atomic E-state index is -1.11. The van der Waals surface area contributed by atoms with Crippen LogP contribution in [0.2, 0.25) is 0 Å². The van der Waals surface area contributed by atoms with E-state index in [2.05, 4.69) is 9.97 Å². The maximum atomic E-state index is 13.5. The highest BCUT2D eigenvalue weighted by molar-refractivity contribution is 6.05. The van der Waals surface area contributed by atoms with Crippen LogP contribution < -0.4 is 14.2 Å². The average molecular weight is 418 g/mol. The number of methoxy groups -OCH3 is 3. The fourth-order valence-corrected chi connectivity index (χ4v) is 3.03. The monoisotopic (exact) mass is 418 g/mol. The third-order valence-corrected chi connectivity index (χ3v) is 4.92. The van der Waals surface area contributed by atoms with Gasteiger partial charge in [-0.3, -0.25) is 4.79 Å². The Labute approximate surface area is 175 Å². The predicted molar refractivity (Wildman–Crippen MR) is 106 cm³/mol. The van der Waals surface area contributed by atoms with Crippen LogP contribution in [0.25, 0.3) is 0 Å². The van der Waals surface area contributed by atoms with Crippen LogP contribution in [-0.2, 0) is 20.0 Å². The van der Waals surface area contributed by atoms with Crippen molar-refractivity contribution >= 4 is 5.78 Å². The number of ketones is 1. The molecule has 0 spiro atoms. The van der Waals surface area contributed by atoms with Crippen LogP contribution in [-0.4, -0.2) is 55.9 Å². The summed E-state index contributed by atoms with van der Waals surface area (Å²) in [6.07, 6.45) is 0. The molecule has 1 aliphatic heterocycles. The second-order valence-corrected chi connectivity index (χ2v) is 7.20. The smallest absolute Gasteiger partial charge is 0.328 e. The van der Waals surface area contributed by atoms with Gasteiger partial charge in [0.15, 0.2) is 11.6 Å². The standard InChI is InChI=1S/C21H26N2O7/c1-20(2,27-6)18(24)17-13(21(3)28-10-11-29-21)8-7-9-14(17)30-19-22-15(25-4)12-16(23-19)26-5/h7-9,12H,10-11H2,1-6H3. The molecule has 1 saturated heterocycles. The Bertz CT molecular complexity index is 901. The molecular weight excluding hydrogens is 392 g/mol. The predicted octanol–water partition coefficient (Wildman–Crippen LogP) is 3.11. The molecule has 0 unspecified atom stereocenters. The number of nitrogens with zero attached hydrogens (tertiary/aromatic N) is 2. The molecule has 0 N–H and O–H groups in total. The third-order valence-electron chi connectivity index (χ3n) is 4.92. The highest BCUT2D eigenvalue weighted by atomic mass is 16.7. The molecule has 30 heavy (non-hydrogen) atoms. The summed E-state index contributed by atoms with van der Waals surface area (Å²) >= 11 is 0. The van der Waals surface area contributed by atoms with Crippen molar-refractivity contribution in [1.82, 2.24) is 9.97 Å². The second-order valence-electron chi connectivity index (χ2n) is 7.20. The van der Waals surface area contributed by atoms with Gasteiger partial charge in [0, 0.05) is 12.7 Å². The van der Waals surface area contributed by atoms with E-state index < -0.39 is 11.4 Å². The Hall–Kier alpha value is -2.75. The van der Waals surface area contributed by atoms with Crippen molar-refractivity contribution in [3.63, 3.8) is 0 Å². The van der Waals surface area contributed by atoms with E-state index in [0.717, 1.165) is 0 Å². The van der Waals surface area contributed by atoms with Crippen LogP contribution in [0, 0.1) is 0 Å². The Morgan fingerprint density at radius 3 is 2.20 bits per heavy atom. The number of hydrogen-bond donors (Lipinski definition) is 0. The zero-order valence-corrected chi connectivity index (χ0v) is 18.0. The summed E-state index contributed by atoms with van der Waals surface area (Å²) in [5.74, 6) is -0.648. The van der Waals surface area contributed by atoms with E-state index in [4.69, 9.17) is 28.4 Å². The Morgan fingerprint density at radius 1 is 1.07 bits per heavy atom. The number of benzene rings is 1. The van der Waals surface area contributed by atoms with Crippen molar-refractivity contribution < 1.29 is 33.2 Å². The molecule has 1 fully saturated rings. The lowest BCUT2D eigenvalue weighted by Gasteiger charge is -2.29. The molecule has 0 aliphatic carbocycles. The molecule has 1 aromatic heterocycles. The van der Waals surface area contributed by atoms with Gasteiger partial charge in [-0.2, -0.15) is 9.97 Å². The number of rotatable bonds is 8. The molecule has 0 radical (unpaired) electrons. The second kappa shape index (κ2) is 8.55. The molecule has 2 heterocycles. The lowest BCUT2D eigenvalue weighted by atomic mass is 9.89. The van der Waals surface area contributed by atoms with Crippen molar-refractivity contribution in [2.75, 3.05) is 34.5 Å². The highest BCUT2D eigenvalue weighted by Gasteiger charge is 2.41. The summed E-state index contributed by atoms with van der Waals surface area (Å²) < 4.78 is 33.3. The summed E-state index contributed by atoms with van der Waals surface area (Å²) in [6.45, 7) is 5.96. The van der Waals surface area contributed by atoms with Crippen molar-refractivity contribution in [2.45, 2.75) is 32.2 Å². The maximum Gasteiger partial charge on any atom is 0.328 e. The number of Topliss-reactive ketones (excluding diaryl/α,β-unsaturated/α-hetero) is 1. The van der Waals surface area contributed by atoms with Gasteiger partial charge in [-0.15, -0.1) is 0 Å². The highest BCUT2D eigenvalue weighted by Crippen LogP contribution is 2.40. The number of aromatic nitrogens is 2. The van der Waals surface area contributed by atoms with Gasteiger partial charge in [-0.25, -0.2) is 0 Å². The SMILES string of the molecule is COc1cc(OC)nc(Oc2cccc(C3(C)OCCO3)c2C(=O)C(C)(C)OC)n1. The van der Waals surface area contributed by atoms with Crippen molar-refractivity contribution in [1.29, 1.82) is 0 Å². The molecule has 1 aliphatic rings. The van der Waals surface area contributed by atoms with E-state index in [-0.39, 0.29) is 34.9 Å². The fraction of sp³-hybridized carbons (Fsp3) is 0.476. The number of carbonyl (C=O) groups is 1.